The third-order valence-corrected chi connectivity index (χ3v) is 4.84. The molecule has 0 radical (unpaired) electrons. The van der Waals surface area contributed by atoms with Gasteiger partial charge in [0.1, 0.15) is 16.5 Å². The van der Waals surface area contributed by atoms with Gasteiger partial charge in [-0.15, -0.1) is 11.3 Å². The molecule has 0 saturated heterocycles. The number of aromatic nitrogens is 1. The Bertz CT molecular complexity index is 768. The number of hydrogen-bond acceptors (Lipinski definition) is 5. The molecule has 1 heterocycles. The van der Waals surface area contributed by atoms with E-state index in [1.54, 1.807) is 25.6 Å². The maximum Gasteiger partial charge on any atom is 0.123 e. The number of nitrogens with one attached hydrogen (secondary N) is 1. The first-order valence-electron chi connectivity index (χ1n) is 7.51. The Morgan fingerprint density at radius 2 is 1.96 bits per heavy atom. The number of benzene rings is 2. The Morgan fingerprint density at radius 3 is 2.70 bits per heavy atom. The van der Waals surface area contributed by atoms with Crippen molar-refractivity contribution in [2.45, 2.75) is 19.5 Å². The summed E-state index contributed by atoms with van der Waals surface area (Å²) in [5, 5.41) is 4.60. The second-order valence-electron chi connectivity index (χ2n) is 5.29. The van der Waals surface area contributed by atoms with Crippen molar-refractivity contribution < 1.29 is 9.47 Å². The first-order valence-corrected chi connectivity index (χ1v) is 8.32. The van der Waals surface area contributed by atoms with Crippen molar-refractivity contribution in [2.75, 3.05) is 14.2 Å². The van der Waals surface area contributed by atoms with Crippen molar-refractivity contribution in [1.82, 2.24) is 10.3 Å². The Hall–Kier alpha value is -2.11. The van der Waals surface area contributed by atoms with E-state index < -0.39 is 0 Å². The lowest BCUT2D eigenvalue weighted by Gasteiger charge is -2.17. The van der Waals surface area contributed by atoms with Gasteiger partial charge in [0.05, 0.1) is 24.4 Å². The van der Waals surface area contributed by atoms with E-state index in [2.05, 4.69) is 23.3 Å². The molecule has 0 aliphatic heterocycles. The third-order valence-electron chi connectivity index (χ3n) is 3.80. The van der Waals surface area contributed by atoms with E-state index in [0.29, 0.717) is 0 Å². The molecule has 0 aliphatic rings. The average molecular weight is 328 g/mol. The fraction of sp³-hybridized carbons (Fsp3) is 0.278. The number of methoxy groups -OCH3 is 2. The fourth-order valence-electron chi connectivity index (χ4n) is 2.52. The van der Waals surface area contributed by atoms with Gasteiger partial charge in [-0.2, -0.15) is 0 Å². The maximum absolute atomic E-state index is 5.46. The standard InChI is InChI=1S/C18H20N2O2S/c1-12(14-10-13(21-2)8-9-16(14)22-3)19-11-18-20-15-6-4-5-7-17(15)23-18/h4-10,12,19H,11H2,1-3H3/t12-/m1/s1. The quantitative estimate of drug-likeness (QED) is 0.738. The Morgan fingerprint density at radius 1 is 1.13 bits per heavy atom. The summed E-state index contributed by atoms with van der Waals surface area (Å²) in [6, 6.07) is 14.2. The van der Waals surface area contributed by atoms with Gasteiger partial charge >= 0.3 is 0 Å². The van der Waals surface area contributed by atoms with Gasteiger partial charge in [-0.25, -0.2) is 4.98 Å². The zero-order chi connectivity index (χ0) is 16.2. The second kappa shape index (κ2) is 6.98. The highest BCUT2D eigenvalue weighted by molar-refractivity contribution is 7.18. The monoisotopic (exact) mass is 328 g/mol. The smallest absolute Gasteiger partial charge is 0.123 e. The van der Waals surface area contributed by atoms with Gasteiger partial charge in [0, 0.05) is 18.2 Å². The van der Waals surface area contributed by atoms with Crippen molar-refractivity contribution in [1.29, 1.82) is 0 Å². The molecule has 0 bridgehead atoms. The Kier molecular flexibility index (Phi) is 4.79. The Balaban J connectivity index is 1.74. The van der Waals surface area contributed by atoms with Crippen LogP contribution in [0.25, 0.3) is 10.2 Å². The molecule has 0 aliphatic carbocycles. The summed E-state index contributed by atoms with van der Waals surface area (Å²) < 4.78 is 12.0. The van der Waals surface area contributed by atoms with Gasteiger partial charge in [-0.05, 0) is 37.3 Å². The number of ether oxygens (including phenoxy) is 2. The summed E-state index contributed by atoms with van der Waals surface area (Å²) in [5.41, 5.74) is 2.13. The van der Waals surface area contributed by atoms with E-state index in [1.807, 2.05) is 36.4 Å². The minimum atomic E-state index is 0.132. The lowest BCUT2D eigenvalue weighted by molar-refractivity contribution is 0.391. The molecule has 0 fully saturated rings. The minimum Gasteiger partial charge on any atom is -0.497 e. The number of thiazole rings is 1. The molecule has 4 nitrogen and oxygen atoms in total. The van der Waals surface area contributed by atoms with Gasteiger partial charge in [0.25, 0.3) is 0 Å². The van der Waals surface area contributed by atoms with Gasteiger partial charge in [0.2, 0.25) is 0 Å². The van der Waals surface area contributed by atoms with Crippen LogP contribution >= 0.6 is 11.3 Å². The summed E-state index contributed by atoms with van der Waals surface area (Å²) in [4.78, 5) is 4.65. The topological polar surface area (TPSA) is 43.4 Å². The van der Waals surface area contributed by atoms with Gasteiger partial charge in [-0.1, -0.05) is 12.1 Å². The zero-order valence-electron chi connectivity index (χ0n) is 13.5. The van der Waals surface area contributed by atoms with Crippen LogP contribution in [-0.4, -0.2) is 19.2 Å². The summed E-state index contributed by atoms with van der Waals surface area (Å²) >= 11 is 1.72. The number of para-hydroxylation sites is 1. The molecular formula is C18H20N2O2S. The summed E-state index contributed by atoms with van der Waals surface area (Å²) in [6.45, 7) is 2.84. The minimum absolute atomic E-state index is 0.132. The zero-order valence-corrected chi connectivity index (χ0v) is 14.3. The lowest BCUT2D eigenvalue weighted by atomic mass is 10.1. The molecular weight excluding hydrogens is 308 g/mol. The van der Waals surface area contributed by atoms with Gasteiger partial charge in [-0.3, -0.25) is 0 Å². The van der Waals surface area contributed by atoms with E-state index in [0.717, 1.165) is 34.1 Å². The van der Waals surface area contributed by atoms with Crippen LogP contribution in [0.3, 0.4) is 0 Å². The molecule has 1 atom stereocenters. The van der Waals surface area contributed by atoms with Crippen LogP contribution in [0.2, 0.25) is 0 Å². The fourth-order valence-corrected chi connectivity index (χ4v) is 3.44. The second-order valence-corrected chi connectivity index (χ2v) is 6.40. The van der Waals surface area contributed by atoms with Crippen molar-refractivity contribution >= 4 is 21.6 Å². The molecule has 0 saturated carbocycles. The highest BCUT2D eigenvalue weighted by Gasteiger charge is 2.13. The molecule has 5 heteroatoms. The molecule has 1 N–H and O–H groups in total. The predicted octanol–water partition coefficient (Wildman–Crippen LogP) is 4.16. The summed E-state index contributed by atoms with van der Waals surface area (Å²) in [7, 11) is 3.36. The number of hydrogen-bond donors (Lipinski definition) is 1. The molecule has 0 spiro atoms. The highest BCUT2D eigenvalue weighted by atomic mass is 32.1. The maximum atomic E-state index is 5.46. The van der Waals surface area contributed by atoms with E-state index in [4.69, 9.17) is 9.47 Å². The van der Waals surface area contributed by atoms with Crippen molar-refractivity contribution in [3.63, 3.8) is 0 Å². The SMILES string of the molecule is COc1ccc(OC)c([C@@H](C)NCc2nc3ccccc3s2)c1. The highest BCUT2D eigenvalue weighted by Crippen LogP contribution is 2.30. The molecule has 0 amide bonds. The third kappa shape index (κ3) is 3.46. The van der Waals surface area contributed by atoms with Crippen LogP contribution in [0.5, 0.6) is 11.5 Å². The van der Waals surface area contributed by atoms with E-state index in [9.17, 15) is 0 Å². The average Bonchev–Trinajstić information content (AvgIpc) is 3.02. The van der Waals surface area contributed by atoms with Crippen LogP contribution in [0.15, 0.2) is 42.5 Å². The normalized spacial score (nSPS) is 12.3. The lowest BCUT2D eigenvalue weighted by Crippen LogP contribution is -2.18. The molecule has 23 heavy (non-hydrogen) atoms. The number of fused-ring (bicyclic) bond motifs is 1. The number of nitrogens with zero attached hydrogens (tertiary/aromatic N) is 1. The van der Waals surface area contributed by atoms with Crippen LogP contribution in [0.4, 0.5) is 0 Å². The van der Waals surface area contributed by atoms with Crippen LogP contribution in [0, 0.1) is 0 Å². The van der Waals surface area contributed by atoms with Crippen LogP contribution in [-0.2, 0) is 6.54 Å². The first kappa shape index (κ1) is 15.8. The van der Waals surface area contributed by atoms with E-state index >= 15 is 0 Å². The van der Waals surface area contributed by atoms with Gasteiger partial charge < -0.3 is 14.8 Å². The van der Waals surface area contributed by atoms with Crippen LogP contribution in [0.1, 0.15) is 23.5 Å². The molecule has 1 aromatic heterocycles. The largest absolute Gasteiger partial charge is 0.497 e. The Labute approximate surface area is 140 Å². The molecule has 3 aromatic rings. The first-order chi connectivity index (χ1) is 11.2. The summed E-state index contributed by atoms with van der Waals surface area (Å²) in [5.74, 6) is 1.68. The molecule has 2 aromatic carbocycles. The van der Waals surface area contributed by atoms with Gasteiger partial charge in [0.15, 0.2) is 0 Å². The van der Waals surface area contributed by atoms with E-state index in [1.165, 1.54) is 4.70 Å². The van der Waals surface area contributed by atoms with Crippen molar-refractivity contribution in [3.05, 3.63) is 53.0 Å². The van der Waals surface area contributed by atoms with E-state index in [-0.39, 0.29) is 6.04 Å². The van der Waals surface area contributed by atoms with Crippen molar-refractivity contribution in [3.8, 4) is 11.5 Å². The predicted molar refractivity (Wildman–Crippen MR) is 94.4 cm³/mol. The molecule has 0 unspecified atom stereocenters. The van der Waals surface area contributed by atoms with Crippen molar-refractivity contribution in [2.24, 2.45) is 0 Å². The molecule has 3 rings (SSSR count). The molecule has 120 valence electrons. The summed E-state index contributed by atoms with van der Waals surface area (Å²) in [6.07, 6.45) is 0. The number of rotatable bonds is 6. The van der Waals surface area contributed by atoms with Crippen LogP contribution < -0.4 is 14.8 Å².